The number of benzene rings is 2. The molecule has 10 heteroatoms. The van der Waals surface area contributed by atoms with Crippen LogP contribution in [0.25, 0.3) is 22.6 Å². The molecule has 1 N–H and O–H groups in total. The number of ether oxygens (including phenoxy) is 1. The Morgan fingerprint density at radius 3 is 2.46 bits per heavy atom. The lowest BCUT2D eigenvalue weighted by atomic mass is 9.95. The summed E-state index contributed by atoms with van der Waals surface area (Å²) in [5.41, 5.74) is 4.24. The number of nitrogens with zero attached hydrogens (tertiary/aromatic N) is 3. The number of aromatic nitrogens is 3. The van der Waals surface area contributed by atoms with Gasteiger partial charge in [-0.05, 0) is 61.6 Å². The quantitative estimate of drug-likeness (QED) is 0.293. The molecule has 2 aromatic carbocycles. The molecule has 4 aromatic rings. The molecular formula is C27H26Cl2N4O4. The van der Waals surface area contributed by atoms with Crippen LogP contribution in [0.2, 0.25) is 10.0 Å². The number of aromatic amines is 1. The Bertz CT molecular complexity index is 1440. The highest BCUT2D eigenvalue weighted by atomic mass is 35.5. The predicted molar refractivity (Wildman–Crippen MR) is 141 cm³/mol. The van der Waals surface area contributed by atoms with E-state index in [1.54, 1.807) is 0 Å². The molecule has 2 fully saturated rings. The summed E-state index contributed by atoms with van der Waals surface area (Å²) in [5, 5.41) is 9.22. The first-order chi connectivity index (χ1) is 18.0. The van der Waals surface area contributed by atoms with Crippen LogP contribution in [0.3, 0.4) is 0 Å². The molecule has 0 bridgehead atoms. The maximum absolute atomic E-state index is 11.2. The molecule has 8 nitrogen and oxygen atoms in total. The number of anilines is 1. The molecule has 1 aliphatic heterocycles. The number of piperidine rings is 1. The molecule has 192 valence electrons. The molecule has 2 atom stereocenters. The van der Waals surface area contributed by atoms with Crippen molar-refractivity contribution in [2.45, 2.75) is 44.8 Å². The predicted octanol–water partition coefficient (Wildman–Crippen LogP) is 6.30. The summed E-state index contributed by atoms with van der Waals surface area (Å²) >= 11 is 13.0. The first-order valence-corrected chi connectivity index (χ1v) is 13.2. The zero-order valence-electron chi connectivity index (χ0n) is 20.2. The third kappa shape index (κ3) is 4.93. The molecule has 0 unspecified atom stereocenters. The number of rotatable bonds is 7. The summed E-state index contributed by atoms with van der Waals surface area (Å²) in [6, 6.07) is 13.4. The van der Waals surface area contributed by atoms with Crippen molar-refractivity contribution >= 4 is 28.9 Å². The minimum Gasteiger partial charge on any atom is -0.373 e. The van der Waals surface area contributed by atoms with Crippen LogP contribution in [0.4, 0.5) is 5.69 Å². The zero-order chi connectivity index (χ0) is 25.5. The number of H-pyrrole nitrogens is 1. The van der Waals surface area contributed by atoms with Gasteiger partial charge in [0.15, 0.2) is 5.82 Å². The standard InChI is InChI=1S/C27H26Cl2N4O4/c1-15-13-33(18-9-7-17(8-10-18)26-30-27(34)37-32-26)12-11-22(15)35-14-19-24(31-36-25(19)16-5-6-16)23-20(28)3-2-4-21(23)29/h2-4,7-10,15-16,22H,5-6,11-14H2,1H3,(H,30,32,34)/t15-,22+/m1/s1. The molecule has 3 heterocycles. The van der Waals surface area contributed by atoms with E-state index in [1.165, 1.54) is 0 Å². The lowest BCUT2D eigenvalue weighted by Gasteiger charge is -2.38. The molecule has 0 radical (unpaired) electrons. The van der Waals surface area contributed by atoms with Crippen molar-refractivity contribution in [2.75, 3.05) is 18.0 Å². The van der Waals surface area contributed by atoms with Gasteiger partial charge in [-0.1, -0.05) is 46.5 Å². The zero-order valence-corrected chi connectivity index (χ0v) is 21.8. The fourth-order valence-corrected chi connectivity index (χ4v) is 5.61. The van der Waals surface area contributed by atoms with Crippen LogP contribution in [0.1, 0.15) is 43.4 Å². The molecule has 37 heavy (non-hydrogen) atoms. The van der Waals surface area contributed by atoms with Gasteiger partial charge in [0.1, 0.15) is 11.5 Å². The first kappa shape index (κ1) is 24.3. The van der Waals surface area contributed by atoms with Crippen LogP contribution in [0, 0.1) is 5.92 Å². The second kappa shape index (κ2) is 10.0. The van der Waals surface area contributed by atoms with E-state index in [0.717, 1.165) is 54.9 Å². The number of hydrogen-bond acceptors (Lipinski definition) is 7. The summed E-state index contributed by atoms with van der Waals surface area (Å²) in [6.07, 6.45) is 3.19. The Morgan fingerprint density at radius 2 is 1.81 bits per heavy atom. The van der Waals surface area contributed by atoms with Gasteiger partial charge in [0.05, 0.1) is 22.8 Å². The van der Waals surface area contributed by atoms with Gasteiger partial charge in [-0.3, -0.25) is 9.51 Å². The van der Waals surface area contributed by atoms with E-state index in [2.05, 4.69) is 31.6 Å². The van der Waals surface area contributed by atoms with E-state index in [-0.39, 0.29) is 6.10 Å². The van der Waals surface area contributed by atoms with Gasteiger partial charge in [0.2, 0.25) is 0 Å². The van der Waals surface area contributed by atoms with Crippen molar-refractivity contribution < 1.29 is 13.8 Å². The normalized spacial score (nSPS) is 19.9. The average molecular weight is 541 g/mol. The monoisotopic (exact) mass is 540 g/mol. The van der Waals surface area contributed by atoms with Gasteiger partial charge in [0, 0.05) is 41.4 Å². The van der Waals surface area contributed by atoms with Crippen molar-refractivity contribution in [2.24, 2.45) is 5.92 Å². The molecule has 0 amide bonds. The van der Waals surface area contributed by atoms with Crippen molar-refractivity contribution in [3.63, 3.8) is 0 Å². The number of halogens is 2. The SMILES string of the molecule is C[C@@H]1CN(c2ccc(-c3noc(=O)[nH]3)cc2)CC[C@@H]1OCc1c(-c2c(Cl)cccc2Cl)noc1C1CC1. The van der Waals surface area contributed by atoms with Crippen molar-refractivity contribution in [1.82, 2.24) is 15.3 Å². The van der Waals surface area contributed by atoms with Crippen LogP contribution in [-0.2, 0) is 11.3 Å². The van der Waals surface area contributed by atoms with E-state index in [4.69, 9.17) is 32.5 Å². The van der Waals surface area contributed by atoms with Crippen molar-refractivity contribution in [3.05, 3.63) is 74.4 Å². The van der Waals surface area contributed by atoms with Gasteiger partial charge in [-0.25, -0.2) is 4.79 Å². The minimum absolute atomic E-state index is 0.104. The molecule has 1 aliphatic carbocycles. The van der Waals surface area contributed by atoms with E-state index < -0.39 is 5.76 Å². The Balaban J connectivity index is 1.14. The lowest BCUT2D eigenvalue weighted by Crippen LogP contribution is -2.43. The van der Waals surface area contributed by atoms with Gasteiger partial charge in [-0.2, -0.15) is 0 Å². The first-order valence-electron chi connectivity index (χ1n) is 12.4. The Labute approximate surface area is 223 Å². The third-order valence-electron chi connectivity index (χ3n) is 7.18. The van der Waals surface area contributed by atoms with Crippen LogP contribution in [-0.4, -0.2) is 34.5 Å². The van der Waals surface area contributed by atoms with Gasteiger partial charge >= 0.3 is 5.76 Å². The smallest absolute Gasteiger partial charge is 0.373 e. The summed E-state index contributed by atoms with van der Waals surface area (Å²) < 4.78 is 16.9. The highest BCUT2D eigenvalue weighted by Crippen LogP contribution is 2.46. The summed E-state index contributed by atoms with van der Waals surface area (Å²) in [7, 11) is 0. The van der Waals surface area contributed by atoms with Crippen LogP contribution < -0.4 is 10.7 Å². The lowest BCUT2D eigenvalue weighted by molar-refractivity contribution is -0.00534. The maximum Gasteiger partial charge on any atom is 0.439 e. The topological polar surface area (TPSA) is 97.4 Å². The van der Waals surface area contributed by atoms with Gasteiger partial charge < -0.3 is 14.2 Å². The highest BCUT2D eigenvalue weighted by molar-refractivity contribution is 6.39. The molecular weight excluding hydrogens is 515 g/mol. The molecule has 2 aromatic heterocycles. The summed E-state index contributed by atoms with van der Waals surface area (Å²) in [6.45, 7) is 4.36. The van der Waals surface area contributed by atoms with E-state index in [0.29, 0.717) is 45.6 Å². The average Bonchev–Trinajstić information content (AvgIpc) is 3.51. The molecule has 2 aliphatic rings. The fraction of sp³-hybridized carbons (Fsp3) is 0.370. The summed E-state index contributed by atoms with van der Waals surface area (Å²) in [4.78, 5) is 16.2. The third-order valence-corrected chi connectivity index (χ3v) is 7.81. The second-order valence-corrected chi connectivity index (χ2v) is 10.6. The Morgan fingerprint density at radius 1 is 1.05 bits per heavy atom. The summed E-state index contributed by atoms with van der Waals surface area (Å²) in [5.74, 6) is 1.46. The Hall–Kier alpha value is -3.07. The minimum atomic E-state index is -0.562. The van der Waals surface area contributed by atoms with Crippen LogP contribution >= 0.6 is 23.2 Å². The van der Waals surface area contributed by atoms with Crippen LogP contribution in [0.15, 0.2) is 56.3 Å². The van der Waals surface area contributed by atoms with Crippen molar-refractivity contribution in [1.29, 1.82) is 0 Å². The fourth-order valence-electron chi connectivity index (χ4n) is 5.03. The molecule has 0 spiro atoms. The highest BCUT2D eigenvalue weighted by Gasteiger charge is 2.35. The number of nitrogens with one attached hydrogen (secondary N) is 1. The second-order valence-electron chi connectivity index (χ2n) is 9.80. The van der Waals surface area contributed by atoms with E-state index in [9.17, 15) is 4.79 Å². The number of hydrogen-bond donors (Lipinski definition) is 1. The Kier molecular flexibility index (Phi) is 6.56. The van der Waals surface area contributed by atoms with E-state index >= 15 is 0 Å². The van der Waals surface area contributed by atoms with Crippen LogP contribution in [0.5, 0.6) is 0 Å². The van der Waals surface area contributed by atoms with E-state index in [1.807, 2.05) is 42.5 Å². The molecule has 6 rings (SSSR count). The van der Waals surface area contributed by atoms with Crippen molar-refractivity contribution in [3.8, 4) is 22.6 Å². The van der Waals surface area contributed by atoms with Gasteiger partial charge in [-0.15, -0.1) is 0 Å². The maximum atomic E-state index is 11.2. The van der Waals surface area contributed by atoms with Gasteiger partial charge in [0.25, 0.3) is 0 Å². The molecule has 1 saturated heterocycles. The largest absolute Gasteiger partial charge is 0.439 e. The molecule has 1 saturated carbocycles.